The number of imide groups is 1. The van der Waals surface area contributed by atoms with Crippen LogP contribution in [0.3, 0.4) is 0 Å². The van der Waals surface area contributed by atoms with E-state index in [1.54, 1.807) is 30.6 Å². The van der Waals surface area contributed by atoms with Crippen molar-refractivity contribution in [2.24, 2.45) is 0 Å². The molecule has 2 aliphatic rings. The van der Waals surface area contributed by atoms with Gasteiger partial charge in [0.25, 0.3) is 5.91 Å². The molecule has 1 aromatic heterocycles. The highest BCUT2D eigenvalue weighted by atomic mass is 35.5. The highest BCUT2D eigenvalue weighted by Crippen LogP contribution is 2.33. The van der Waals surface area contributed by atoms with Gasteiger partial charge in [0.05, 0.1) is 6.67 Å². The second-order valence-electron chi connectivity index (χ2n) is 7.38. The minimum Gasteiger partial charge on any atom is -0.369 e. The van der Waals surface area contributed by atoms with Crippen LogP contribution >= 0.6 is 11.6 Å². The second kappa shape index (κ2) is 8.00. The van der Waals surface area contributed by atoms with Crippen molar-refractivity contribution in [2.75, 3.05) is 37.7 Å². The molecule has 2 aromatic rings. The SMILES string of the molecule is CC[C@]1(c2cccc(Cl)c2)NC(=O)N(CN2CCN(c3ccncc3)CC2)C1=O. The Morgan fingerprint density at radius 1 is 1.10 bits per heavy atom. The lowest BCUT2D eigenvalue weighted by molar-refractivity contribution is -0.133. The Hall–Kier alpha value is -2.64. The van der Waals surface area contributed by atoms with Crippen LogP contribution in [0.25, 0.3) is 0 Å². The first kappa shape index (κ1) is 19.7. The molecular weight excluding hydrogens is 390 g/mol. The zero-order chi connectivity index (χ0) is 20.4. The Balaban J connectivity index is 1.45. The molecule has 0 saturated carbocycles. The molecule has 3 amide bonds. The van der Waals surface area contributed by atoms with Gasteiger partial charge in [-0.2, -0.15) is 0 Å². The molecule has 4 rings (SSSR count). The molecule has 1 N–H and O–H groups in total. The van der Waals surface area contributed by atoms with Crippen molar-refractivity contribution in [3.8, 4) is 0 Å². The first-order chi connectivity index (χ1) is 14.0. The smallest absolute Gasteiger partial charge is 0.326 e. The average molecular weight is 414 g/mol. The van der Waals surface area contributed by atoms with E-state index in [2.05, 4.69) is 20.1 Å². The van der Waals surface area contributed by atoms with Crippen LogP contribution in [0.1, 0.15) is 18.9 Å². The molecule has 1 atom stereocenters. The van der Waals surface area contributed by atoms with E-state index >= 15 is 0 Å². The lowest BCUT2D eigenvalue weighted by Crippen LogP contribution is -2.51. The van der Waals surface area contributed by atoms with Crippen molar-refractivity contribution >= 4 is 29.2 Å². The van der Waals surface area contributed by atoms with E-state index in [1.807, 2.05) is 25.1 Å². The molecule has 8 heteroatoms. The van der Waals surface area contributed by atoms with Gasteiger partial charge in [-0.05, 0) is 36.2 Å². The maximum Gasteiger partial charge on any atom is 0.326 e. The number of rotatable bonds is 5. The van der Waals surface area contributed by atoms with Crippen molar-refractivity contribution < 1.29 is 9.59 Å². The van der Waals surface area contributed by atoms with E-state index in [0.717, 1.165) is 37.4 Å². The van der Waals surface area contributed by atoms with E-state index in [1.165, 1.54) is 4.90 Å². The van der Waals surface area contributed by atoms with Crippen LogP contribution < -0.4 is 10.2 Å². The normalized spacial score (nSPS) is 22.8. The fourth-order valence-corrected chi connectivity index (χ4v) is 4.24. The maximum absolute atomic E-state index is 13.3. The number of carbonyl (C=O) groups is 2. The lowest BCUT2D eigenvalue weighted by Gasteiger charge is -2.37. The summed E-state index contributed by atoms with van der Waals surface area (Å²) < 4.78 is 0. The van der Waals surface area contributed by atoms with E-state index < -0.39 is 5.54 Å². The number of benzene rings is 1. The summed E-state index contributed by atoms with van der Waals surface area (Å²) in [6.45, 7) is 5.40. The van der Waals surface area contributed by atoms with Gasteiger partial charge in [0.15, 0.2) is 0 Å². The minimum absolute atomic E-state index is 0.219. The van der Waals surface area contributed by atoms with Crippen LogP contribution in [-0.2, 0) is 10.3 Å². The average Bonchev–Trinajstić information content (AvgIpc) is 3.00. The number of halogens is 1. The predicted molar refractivity (Wildman–Crippen MR) is 112 cm³/mol. The third-order valence-corrected chi connectivity index (χ3v) is 6.00. The molecule has 0 unspecified atom stereocenters. The number of nitrogens with zero attached hydrogens (tertiary/aromatic N) is 4. The Kier molecular flexibility index (Phi) is 5.43. The van der Waals surface area contributed by atoms with Crippen molar-refractivity contribution in [3.05, 3.63) is 59.4 Å². The zero-order valence-corrected chi connectivity index (χ0v) is 17.1. The summed E-state index contributed by atoms with van der Waals surface area (Å²) in [6, 6.07) is 10.8. The van der Waals surface area contributed by atoms with Crippen LogP contribution in [0.2, 0.25) is 5.02 Å². The molecule has 29 heavy (non-hydrogen) atoms. The van der Waals surface area contributed by atoms with Crippen LogP contribution in [0.15, 0.2) is 48.8 Å². The number of carbonyl (C=O) groups excluding carboxylic acids is 2. The fourth-order valence-electron chi connectivity index (χ4n) is 4.05. The third kappa shape index (κ3) is 3.68. The Morgan fingerprint density at radius 2 is 1.83 bits per heavy atom. The standard InChI is InChI=1S/C21H24ClN5O2/c1-2-21(16-4-3-5-17(22)14-16)19(28)27(20(29)24-21)15-25-10-12-26(13-11-25)18-6-8-23-9-7-18/h3-9,14H,2,10-13,15H2,1H3,(H,24,29)/t21-/m1/s1. The van der Waals surface area contributed by atoms with Crippen LogP contribution in [0.4, 0.5) is 10.5 Å². The van der Waals surface area contributed by atoms with Gasteiger partial charge in [-0.1, -0.05) is 30.7 Å². The largest absolute Gasteiger partial charge is 0.369 e. The Bertz CT molecular complexity index is 901. The zero-order valence-electron chi connectivity index (χ0n) is 16.3. The minimum atomic E-state index is -1.05. The van der Waals surface area contributed by atoms with E-state index in [-0.39, 0.29) is 18.6 Å². The number of nitrogens with one attached hydrogen (secondary N) is 1. The summed E-state index contributed by atoms with van der Waals surface area (Å²) in [6.07, 6.45) is 4.04. The van der Waals surface area contributed by atoms with Gasteiger partial charge in [0.1, 0.15) is 5.54 Å². The molecule has 0 radical (unpaired) electrons. The molecule has 7 nitrogen and oxygen atoms in total. The summed E-state index contributed by atoms with van der Waals surface area (Å²) in [5.41, 5.74) is 0.803. The van der Waals surface area contributed by atoms with Crippen molar-refractivity contribution in [3.63, 3.8) is 0 Å². The Morgan fingerprint density at radius 3 is 2.48 bits per heavy atom. The number of urea groups is 1. The predicted octanol–water partition coefficient (Wildman–Crippen LogP) is 2.67. The maximum atomic E-state index is 13.3. The molecule has 2 saturated heterocycles. The summed E-state index contributed by atoms with van der Waals surface area (Å²) >= 11 is 6.13. The number of aromatic nitrogens is 1. The number of amides is 3. The van der Waals surface area contributed by atoms with Crippen LogP contribution in [0.5, 0.6) is 0 Å². The van der Waals surface area contributed by atoms with Gasteiger partial charge in [0.2, 0.25) is 0 Å². The number of piperazine rings is 1. The van der Waals surface area contributed by atoms with Gasteiger partial charge >= 0.3 is 6.03 Å². The summed E-state index contributed by atoms with van der Waals surface area (Å²) in [5, 5.41) is 3.46. The second-order valence-corrected chi connectivity index (χ2v) is 7.82. The summed E-state index contributed by atoms with van der Waals surface area (Å²) in [5.74, 6) is -0.219. The highest BCUT2D eigenvalue weighted by molar-refractivity contribution is 6.30. The van der Waals surface area contributed by atoms with Crippen LogP contribution in [0, 0.1) is 0 Å². The van der Waals surface area contributed by atoms with Gasteiger partial charge in [-0.15, -0.1) is 0 Å². The summed E-state index contributed by atoms with van der Waals surface area (Å²) in [4.78, 5) is 35.8. The molecular formula is C21H24ClN5O2. The molecule has 0 spiro atoms. The van der Waals surface area contributed by atoms with Crippen molar-refractivity contribution in [1.82, 2.24) is 20.1 Å². The van der Waals surface area contributed by atoms with Crippen molar-refractivity contribution in [1.29, 1.82) is 0 Å². The topological polar surface area (TPSA) is 68.8 Å². The first-order valence-corrected chi connectivity index (χ1v) is 10.2. The third-order valence-electron chi connectivity index (χ3n) is 5.77. The van der Waals surface area contributed by atoms with E-state index in [4.69, 9.17) is 11.6 Å². The number of anilines is 1. The van der Waals surface area contributed by atoms with Gasteiger partial charge in [-0.25, -0.2) is 9.69 Å². The highest BCUT2D eigenvalue weighted by Gasteiger charge is 2.51. The van der Waals surface area contributed by atoms with Crippen LogP contribution in [-0.4, -0.2) is 59.6 Å². The molecule has 3 heterocycles. The first-order valence-electron chi connectivity index (χ1n) is 9.81. The fraction of sp³-hybridized carbons (Fsp3) is 0.381. The molecule has 1 aromatic carbocycles. The van der Waals surface area contributed by atoms with Gasteiger partial charge in [-0.3, -0.25) is 14.7 Å². The number of hydrogen-bond donors (Lipinski definition) is 1. The number of pyridine rings is 1. The Labute approximate surface area is 175 Å². The number of hydrogen-bond acceptors (Lipinski definition) is 5. The quantitative estimate of drug-likeness (QED) is 0.763. The molecule has 152 valence electrons. The van der Waals surface area contributed by atoms with E-state index in [0.29, 0.717) is 11.4 Å². The molecule has 2 fully saturated rings. The lowest BCUT2D eigenvalue weighted by atomic mass is 9.87. The van der Waals surface area contributed by atoms with Gasteiger partial charge < -0.3 is 10.2 Å². The molecule has 2 aliphatic heterocycles. The molecule has 0 bridgehead atoms. The summed E-state index contributed by atoms with van der Waals surface area (Å²) in [7, 11) is 0. The molecule has 0 aliphatic carbocycles. The van der Waals surface area contributed by atoms with Gasteiger partial charge in [0, 0.05) is 49.3 Å². The van der Waals surface area contributed by atoms with Crippen molar-refractivity contribution in [2.45, 2.75) is 18.9 Å². The monoisotopic (exact) mass is 413 g/mol. The van der Waals surface area contributed by atoms with E-state index in [9.17, 15) is 9.59 Å².